The van der Waals surface area contributed by atoms with E-state index in [1.807, 2.05) is 0 Å². The quantitative estimate of drug-likeness (QED) is 0.866. The Kier molecular flexibility index (Phi) is 3.42. The Morgan fingerprint density at radius 1 is 1.26 bits per heavy atom. The highest BCUT2D eigenvalue weighted by Crippen LogP contribution is 2.40. The second-order valence-corrected chi connectivity index (χ2v) is 5.21. The molecule has 0 bridgehead atoms. The summed E-state index contributed by atoms with van der Waals surface area (Å²) < 4.78 is 14.1. The lowest BCUT2D eigenvalue weighted by Crippen LogP contribution is -2.35. The third-order valence-electron chi connectivity index (χ3n) is 3.73. The number of halogens is 1. The van der Waals surface area contributed by atoms with E-state index in [4.69, 9.17) is 0 Å². The van der Waals surface area contributed by atoms with Gasteiger partial charge in [0.2, 0.25) is 5.91 Å². The van der Waals surface area contributed by atoms with Crippen molar-refractivity contribution in [1.29, 1.82) is 0 Å². The molecule has 1 aliphatic carbocycles. The smallest absolute Gasteiger partial charge is 0.228 e. The first-order chi connectivity index (χ1) is 9.25. The van der Waals surface area contributed by atoms with E-state index in [2.05, 4.69) is 20.6 Å². The molecule has 6 heteroatoms. The van der Waals surface area contributed by atoms with Crippen LogP contribution in [0.25, 0.3) is 0 Å². The summed E-state index contributed by atoms with van der Waals surface area (Å²) in [5.74, 6) is -0.425. The number of nitrogens with zero attached hydrogens (tertiary/aromatic N) is 2. The summed E-state index contributed by atoms with van der Waals surface area (Å²) in [5.41, 5.74) is 0.440. The van der Waals surface area contributed by atoms with E-state index in [-0.39, 0.29) is 23.6 Å². The average Bonchev–Trinajstić information content (AvgIpc) is 3.26. The zero-order valence-electron chi connectivity index (χ0n) is 10.7. The molecule has 102 valence electrons. The van der Waals surface area contributed by atoms with Crippen LogP contribution in [0.3, 0.4) is 0 Å². The van der Waals surface area contributed by atoms with Crippen molar-refractivity contribution >= 4 is 11.7 Å². The molecule has 2 fully saturated rings. The molecule has 1 saturated carbocycles. The summed E-state index contributed by atoms with van der Waals surface area (Å²) in [5, 5.41) is 5.81. The number of piperidine rings is 1. The SMILES string of the molecule is O=C(Nc1ncnc(C2CC2)c1F)C1CCNCC1. The Bertz CT molecular complexity index is 484. The fourth-order valence-electron chi connectivity index (χ4n) is 2.41. The third kappa shape index (κ3) is 2.73. The maximum atomic E-state index is 14.1. The molecule has 0 atom stereocenters. The van der Waals surface area contributed by atoms with Crippen LogP contribution in [0.1, 0.15) is 37.3 Å². The van der Waals surface area contributed by atoms with Crippen molar-refractivity contribution < 1.29 is 9.18 Å². The molecule has 2 N–H and O–H groups in total. The maximum absolute atomic E-state index is 14.1. The molecule has 1 amide bonds. The van der Waals surface area contributed by atoms with E-state index in [9.17, 15) is 9.18 Å². The molecule has 5 nitrogen and oxygen atoms in total. The Hall–Kier alpha value is -1.56. The molecule has 1 aromatic heterocycles. The predicted molar refractivity (Wildman–Crippen MR) is 68.2 cm³/mol. The summed E-state index contributed by atoms with van der Waals surface area (Å²) in [6, 6.07) is 0. The molecule has 0 radical (unpaired) electrons. The van der Waals surface area contributed by atoms with E-state index >= 15 is 0 Å². The fourth-order valence-corrected chi connectivity index (χ4v) is 2.41. The summed E-state index contributed by atoms with van der Waals surface area (Å²) in [4.78, 5) is 19.9. The van der Waals surface area contributed by atoms with Gasteiger partial charge in [0, 0.05) is 11.8 Å². The van der Waals surface area contributed by atoms with Crippen molar-refractivity contribution in [3.8, 4) is 0 Å². The van der Waals surface area contributed by atoms with Crippen LogP contribution in [0, 0.1) is 11.7 Å². The van der Waals surface area contributed by atoms with Crippen molar-refractivity contribution in [3.63, 3.8) is 0 Å². The van der Waals surface area contributed by atoms with Crippen LogP contribution in [0.4, 0.5) is 10.2 Å². The summed E-state index contributed by atoms with van der Waals surface area (Å²) in [6.07, 6.45) is 4.84. The van der Waals surface area contributed by atoms with E-state index in [0.717, 1.165) is 38.8 Å². The van der Waals surface area contributed by atoms with Crippen molar-refractivity contribution in [2.45, 2.75) is 31.6 Å². The van der Waals surface area contributed by atoms with Crippen molar-refractivity contribution in [2.24, 2.45) is 5.92 Å². The number of carbonyl (C=O) groups excluding carboxylic acids is 1. The van der Waals surface area contributed by atoms with Gasteiger partial charge in [-0.2, -0.15) is 0 Å². The summed E-state index contributed by atoms with van der Waals surface area (Å²) >= 11 is 0. The number of rotatable bonds is 3. The van der Waals surface area contributed by atoms with Crippen molar-refractivity contribution in [2.75, 3.05) is 18.4 Å². The molecular weight excluding hydrogens is 247 g/mol. The van der Waals surface area contributed by atoms with Gasteiger partial charge in [-0.05, 0) is 38.8 Å². The maximum Gasteiger partial charge on any atom is 0.228 e. The first-order valence-corrected chi connectivity index (χ1v) is 6.77. The fraction of sp³-hybridized carbons (Fsp3) is 0.615. The Morgan fingerprint density at radius 2 is 2.00 bits per heavy atom. The Morgan fingerprint density at radius 3 is 2.68 bits per heavy atom. The molecule has 0 aromatic carbocycles. The molecule has 2 aliphatic rings. The molecule has 2 heterocycles. The van der Waals surface area contributed by atoms with Gasteiger partial charge < -0.3 is 10.6 Å². The second kappa shape index (κ2) is 5.21. The number of anilines is 1. The van der Waals surface area contributed by atoms with Gasteiger partial charge in [0.1, 0.15) is 6.33 Å². The molecule has 0 unspecified atom stereocenters. The third-order valence-corrected chi connectivity index (χ3v) is 3.73. The van der Waals surface area contributed by atoms with Gasteiger partial charge in [0.15, 0.2) is 11.6 Å². The van der Waals surface area contributed by atoms with Crippen LogP contribution in [0.15, 0.2) is 6.33 Å². The van der Waals surface area contributed by atoms with Crippen molar-refractivity contribution in [3.05, 3.63) is 17.8 Å². The number of hydrogen-bond donors (Lipinski definition) is 2. The standard InChI is InChI=1S/C13H17FN4O/c14-10-11(8-1-2-8)16-7-17-12(10)18-13(19)9-3-5-15-6-4-9/h7-9,15H,1-6H2,(H,16,17,18,19). The van der Waals surface area contributed by atoms with Gasteiger partial charge in [0.25, 0.3) is 0 Å². The highest BCUT2D eigenvalue weighted by Gasteiger charge is 2.30. The zero-order chi connectivity index (χ0) is 13.2. The monoisotopic (exact) mass is 264 g/mol. The highest BCUT2D eigenvalue weighted by atomic mass is 19.1. The van der Waals surface area contributed by atoms with Gasteiger partial charge >= 0.3 is 0 Å². The predicted octanol–water partition coefficient (Wildman–Crippen LogP) is 1.43. The lowest BCUT2D eigenvalue weighted by atomic mass is 9.97. The van der Waals surface area contributed by atoms with Crippen LogP contribution >= 0.6 is 0 Å². The Labute approximate surface area is 111 Å². The van der Waals surface area contributed by atoms with Gasteiger partial charge in [0.05, 0.1) is 5.69 Å². The number of aromatic nitrogens is 2. The molecule has 0 spiro atoms. The van der Waals surface area contributed by atoms with Gasteiger partial charge in [-0.1, -0.05) is 0 Å². The minimum Gasteiger partial charge on any atom is -0.317 e. The van der Waals surface area contributed by atoms with Gasteiger partial charge in [-0.3, -0.25) is 4.79 Å². The summed E-state index contributed by atoms with van der Waals surface area (Å²) in [7, 11) is 0. The minimum atomic E-state index is -0.465. The molecular formula is C13H17FN4O. The van der Waals surface area contributed by atoms with E-state index in [1.165, 1.54) is 6.33 Å². The normalized spacial score (nSPS) is 20.3. The van der Waals surface area contributed by atoms with Gasteiger partial charge in [-0.15, -0.1) is 0 Å². The van der Waals surface area contributed by atoms with Gasteiger partial charge in [-0.25, -0.2) is 14.4 Å². The Balaban J connectivity index is 1.71. The molecule has 1 aromatic rings. The first kappa shape index (κ1) is 12.5. The lowest BCUT2D eigenvalue weighted by molar-refractivity contribution is -0.120. The van der Waals surface area contributed by atoms with Crippen LogP contribution in [-0.2, 0) is 4.79 Å². The highest BCUT2D eigenvalue weighted by molar-refractivity contribution is 5.91. The number of hydrogen-bond acceptors (Lipinski definition) is 4. The van der Waals surface area contributed by atoms with E-state index in [0.29, 0.717) is 5.69 Å². The summed E-state index contributed by atoms with van der Waals surface area (Å²) in [6.45, 7) is 1.66. The second-order valence-electron chi connectivity index (χ2n) is 5.21. The van der Waals surface area contributed by atoms with Crippen LogP contribution in [0.5, 0.6) is 0 Å². The topological polar surface area (TPSA) is 66.9 Å². The lowest BCUT2D eigenvalue weighted by Gasteiger charge is -2.21. The first-order valence-electron chi connectivity index (χ1n) is 6.77. The average molecular weight is 264 g/mol. The number of carbonyl (C=O) groups is 1. The zero-order valence-corrected chi connectivity index (χ0v) is 10.7. The van der Waals surface area contributed by atoms with E-state index in [1.54, 1.807) is 0 Å². The number of amides is 1. The molecule has 1 aliphatic heterocycles. The molecule has 3 rings (SSSR count). The van der Waals surface area contributed by atoms with E-state index < -0.39 is 5.82 Å². The minimum absolute atomic E-state index is 0.0282. The molecule has 19 heavy (non-hydrogen) atoms. The van der Waals surface area contributed by atoms with Crippen LogP contribution < -0.4 is 10.6 Å². The van der Waals surface area contributed by atoms with Crippen LogP contribution in [0.2, 0.25) is 0 Å². The van der Waals surface area contributed by atoms with Crippen LogP contribution in [-0.4, -0.2) is 29.0 Å². The van der Waals surface area contributed by atoms with Crippen molar-refractivity contribution in [1.82, 2.24) is 15.3 Å². The largest absolute Gasteiger partial charge is 0.317 e. The number of nitrogens with one attached hydrogen (secondary N) is 2. The molecule has 1 saturated heterocycles.